The molecule has 0 aliphatic carbocycles. The molecule has 0 unspecified atom stereocenters. The van der Waals surface area contributed by atoms with Crippen LogP contribution in [0.2, 0.25) is 0 Å². The molecule has 0 saturated heterocycles. The molecule has 2 aromatic rings. The lowest BCUT2D eigenvalue weighted by Crippen LogP contribution is -2.00. The van der Waals surface area contributed by atoms with E-state index in [-0.39, 0.29) is 22.1 Å². The Balaban J connectivity index is 2.35. The normalized spacial score (nSPS) is 11.3. The standard InChI is InChI=1S/C13H11F2NO3S/c1-20(17,18)9-3-5-13(11(16)7-9)19-12-4-2-8(14)6-10(12)15/h2-7H,16H2,1H3. The number of nitrogen functional groups attached to an aromatic ring is 1. The van der Waals surface area contributed by atoms with Crippen LogP contribution < -0.4 is 10.5 Å². The summed E-state index contributed by atoms with van der Waals surface area (Å²) >= 11 is 0. The first-order valence-electron chi connectivity index (χ1n) is 5.50. The highest BCUT2D eigenvalue weighted by atomic mass is 32.2. The Hall–Kier alpha value is -2.15. The molecule has 0 atom stereocenters. The van der Waals surface area contributed by atoms with Gasteiger partial charge in [-0.3, -0.25) is 0 Å². The molecule has 0 amide bonds. The van der Waals surface area contributed by atoms with Gasteiger partial charge in [0, 0.05) is 12.3 Å². The summed E-state index contributed by atoms with van der Waals surface area (Å²) in [6.07, 6.45) is 1.04. The molecule has 4 nitrogen and oxygen atoms in total. The third-order valence-corrected chi connectivity index (χ3v) is 3.63. The summed E-state index contributed by atoms with van der Waals surface area (Å²) in [5, 5.41) is 0. The Morgan fingerprint density at radius 3 is 2.25 bits per heavy atom. The third-order valence-electron chi connectivity index (χ3n) is 2.52. The van der Waals surface area contributed by atoms with E-state index in [4.69, 9.17) is 10.5 Å². The molecule has 0 heterocycles. The summed E-state index contributed by atoms with van der Waals surface area (Å²) in [6.45, 7) is 0. The van der Waals surface area contributed by atoms with Crippen molar-refractivity contribution >= 4 is 15.5 Å². The predicted molar refractivity (Wildman–Crippen MR) is 70.4 cm³/mol. The van der Waals surface area contributed by atoms with Crippen LogP contribution in [-0.2, 0) is 9.84 Å². The lowest BCUT2D eigenvalue weighted by molar-refractivity contribution is 0.439. The average Bonchev–Trinajstić information content (AvgIpc) is 2.33. The minimum absolute atomic E-state index is 0.0296. The number of ether oxygens (including phenoxy) is 1. The van der Waals surface area contributed by atoms with Crippen molar-refractivity contribution in [1.29, 1.82) is 0 Å². The molecule has 106 valence electrons. The van der Waals surface area contributed by atoms with Gasteiger partial charge in [0.15, 0.2) is 27.2 Å². The van der Waals surface area contributed by atoms with Crippen molar-refractivity contribution in [2.24, 2.45) is 0 Å². The van der Waals surface area contributed by atoms with Gasteiger partial charge in [-0.2, -0.15) is 0 Å². The van der Waals surface area contributed by atoms with Crippen molar-refractivity contribution in [2.45, 2.75) is 4.90 Å². The summed E-state index contributed by atoms with van der Waals surface area (Å²) in [6, 6.07) is 6.66. The topological polar surface area (TPSA) is 69.4 Å². The molecular formula is C13H11F2NO3S. The maximum atomic E-state index is 13.4. The van der Waals surface area contributed by atoms with Crippen molar-refractivity contribution in [3.63, 3.8) is 0 Å². The highest BCUT2D eigenvalue weighted by molar-refractivity contribution is 7.90. The zero-order valence-corrected chi connectivity index (χ0v) is 11.2. The number of halogens is 2. The number of benzene rings is 2. The van der Waals surface area contributed by atoms with Crippen LogP contribution in [-0.4, -0.2) is 14.7 Å². The Morgan fingerprint density at radius 1 is 1.05 bits per heavy atom. The third kappa shape index (κ3) is 3.05. The Labute approximate surface area is 114 Å². The predicted octanol–water partition coefficient (Wildman–Crippen LogP) is 2.74. The van der Waals surface area contributed by atoms with Crippen LogP contribution in [0.15, 0.2) is 41.3 Å². The lowest BCUT2D eigenvalue weighted by Gasteiger charge is -2.10. The SMILES string of the molecule is CS(=O)(=O)c1ccc(Oc2ccc(F)cc2F)c(N)c1. The summed E-state index contributed by atoms with van der Waals surface area (Å²) < 4.78 is 54.1. The number of anilines is 1. The van der Waals surface area contributed by atoms with Crippen molar-refractivity contribution in [3.05, 3.63) is 48.0 Å². The van der Waals surface area contributed by atoms with E-state index in [9.17, 15) is 17.2 Å². The van der Waals surface area contributed by atoms with E-state index in [1.807, 2.05) is 0 Å². The summed E-state index contributed by atoms with van der Waals surface area (Å²) in [4.78, 5) is 0.0296. The zero-order valence-electron chi connectivity index (χ0n) is 10.4. The second-order valence-corrected chi connectivity index (χ2v) is 6.16. The monoisotopic (exact) mass is 299 g/mol. The van der Waals surface area contributed by atoms with Gasteiger partial charge in [0.25, 0.3) is 0 Å². The second-order valence-electron chi connectivity index (χ2n) is 4.15. The minimum Gasteiger partial charge on any atom is -0.452 e. The number of hydrogen-bond acceptors (Lipinski definition) is 4. The van der Waals surface area contributed by atoms with Crippen LogP contribution in [0.4, 0.5) is 14.5 Å². The van der Waals surface area contributed by atoms with Crippen molar-refractivity contribution in [3.8, 4) is 11.5 Å². The zero-order chi connectivity index (χ0) is 14.9. The van der Waals surface area contributed by atoms with Gasteiger partial charge in [0.05, 0.1) is 10.6 Å². The molecule has 0 radical (unpaired) electrons. The first kappa shape index (κ1) is 14.3. The molecule has 2 rings (SSSR count). The van der Waals surface area contributed by atoms with Crippen molar-refractivity contribution < 1.29 is 21.9 Å². The van der Waals surface area contributed by atoms with E-state index in [2.05, 4.69) is 0 Å². The number of sulfone groups is 1. The number of rotatable bonds is 3. The highest BCUT2D eigenvalue weighted by Crippen LogP contribution is 2.31. The smallest absolute Gasteiger partial charge is 0.175 e. The van der Waals surface area contributed by atoms with E-state index in [0.29, 0.717) is 6.07 Å². The Morgan fingerprint density at radius 2 is 1.70 bits per heavy atom. The maximum absolute atomic E-state index is 13.4. The van der Waals surface area contributed by atoms with E-state index >= 15 is 0 Å². The first-order valence-corrected chi connectivity index (χ1v) is 7.39. The first-order chi connectivity index (χ1) is 9.27. The van der Waals surface area contributed by atoms with Gasteiger partial charge in [-0.25, -0.2) is 17.2 Å². The fraction of sp³-hybridized carbons (Fsp3) is 0.0769. The molecule has 20 heavy (non-hydrogen) atoms. The van der Waals surface area contributed by atoms with Crippen LogP contribution in [0.5, 0.6) is 11.5 Å². The van der Waals surface area contributed by atoms with Gasteiger partial charge in [-0.15, -0.1) is 0 Å². The quantitative estimate of drug-likeness (QED) is 0.885. The van der Waals surface area contributed by atoms with Gasteiger partial charge in [-0.05, 0) is 30.3 Å². The summed E-state index contributed by atoms with van der Waals surface area (Å²) in [7, 11) is -3.39. The molecule has 0 fully saturated rings. The minimum atomic E-state index is -3.39. The lowest BCUT2D eigenvalue weighted by atomic mass is 10.3. The molecular weight excluding hydrogens is 288 g/mol. The number of nitrogens with two attached hydrogens (primary N) is 1. The molecule has 2 N–H and O–H groups in total. The second kappa shape index (κ2) is 5.09. The van der Waals surface area contributed by atoms with Crippen molar-refractivity contribution in [2.75, 3.05) is 12.0 Å². The fourth-order valence-electron chi connectivity index (χ4n) is 1.53. The molecule has 0 saturated carbocycles. The molecule has 0 aromatic heterocycles. The maximum Gasteiger partial charge on any atom is 0.175 e. The van der Waals surface area contributed by atoms with E-state index in [0.717, 1.165) is 18.4 Å². The summed E-state index contributed by atoms with van der Waals surface area (Å²) in [5.74, 6) is -1.72. The van der Waals surface area contributed by atoms with Crippen LogP contribution in [0.25, 0.3) is 0 Å². The molecule has 2 aromatic carbocycles. The van der Waals surface area contributed by atoms with Gasteiger partial charge >= 0.3 is 0 Å². The summed E-state index contributed by atoms with van der Waals surface area (Å²) in [5.41, 5.74) is 5.70. The molecule has 7 heteroatoms. The average molecular weight is 299 g/mol. The number of hydrogen-bond donors (Lipinski definition) is 1. The van der Waals surface area contributed by atoms with Gasteiger partial charge in [0.2, 0.25) is 0 Å². The van der Waals surface area contributed by atoms with Crippen LogP contribution >= 0.6 is 0 Å². The van der Waals surface area contributed by atoms with Crippen LogP contribution in [0.1, 0.15) is 0 Å². The molecule has 0 bridgehead atoms. The van der Waals surface area contributed by atoms with Gasteiger partial charge < -0.3 is 10.5 Å². The van der Waals surface area contributed by atoms with Crippen LogP contribution in [0, 0.1) is 11.6 Å². The Bertz CT molecular complexity index is 760. The fourth-order valence-corrected chi connectivity index (χ4v) is 2.18. The van der Waals surface area contributed by atoms with E-state index in [1.54, 1.807) is 0 Å². The van der Waals surface area contributed by atoms with E-state index in [1.165, 1.54) is 18.2 Å². The molecule has 0 aliphatic rings. The van der Waals surface area contributed by atoms with Gasteiger partial charge in [-0.1, -0.05) is 0 Å². The molecule has 0 aliphatic heterocycles. The molecule has 0 spiro atoms. The largest absolute Gasteiger partial charge is 0.452 e. The van der Waals surface area contributed by atoms with Gasteiger partial charge in [0.1, 0.15) is 5.82 Å². The Kier molecular flexibility index (Phi) is 3.63. The van der Waals surface area contributed by atoms with Crippen LogP contribution in [0.3, 0.4) is 0 Å². The van der Waals surface area contributed by atoms with Crippen molar-refractivity contribution in [1.82, 2.24) is 0 Å². The van der Waals surface area contributed by atoms with E-state index < -0.39 is 21.5 Å². The highest BCUT2D eigenvalue weighted by Gasteiger charge is 2.12.